The highest BCUT2D eigenvalue weighted by Gasteiger charge is 2.53. The van der Waals surface area contributed by atoms with Crippen molar-refractivity contribution in [2.75, 3.05) is 7.11 Å². The van der Waals surface area contributed by atoms with E-state index in [0.29, 0.717) is 11.8 Å². The molecule has 1 heterocycles. The van der Waals surface area contributed by atoms with Crippen molar-refractivity contribution in [1.82, 2.24) is 0 Å². The van der Waals surface area contributed by atoms with Gasteiger partial charge in [0, 0.05) is 12.1 Å². The van der Waals surface area contributed by atoms with Crippen molar-refractivity contribution in [3.8, 4) is 5.75 Å². The fourth-order valence-electron chi connectivity index (χ4n) is 3.82. The smallest absolute Gasteiger partial charge is 0.180 e. The molecule has 3 nitrogen and oxygen atoms in total. The van der Waals surface area contributed by atoms with Crippen LogP contribution < -0.4 is 9.47 Å². The molecular weight excluding hydrogens is 250 g/mol. The second-order valence-electron chi connectivity index (χ2n) is 5.81. The second-order valence-corrected chi connectivity index (χ2v) is 5.81. The van der Waals surface area contributed by atoms with E-state index >= 15 is 0 Å². The van der Waals surface area contributed by atoms with Crippen LogP contribution in [-0.2, 0) is 6.42 Å². The molecule has 1 saturated carbocycles. The van der Waals surface area contributed by atoms with Crippen LogP contribution in [0, 0.1) is 11.1 Å². The zero-order valence-electron chi connectivity index (χ0n) is 11.5. The lowest BCUT2D eigenvalue weighted by Crippen LogP contribution is -2.23. The van der Waals surface area contributed by atoms with Gasteiger partial charge in [0.05, 0.1) is 7.11 Å². The number of methoxy groups -OCH3 is 1. The van der Waals surface area contributed by atoms with Gasteiger partial charge in [-0.2, -0.15) is 4.73 Å². The van der Waals surface area contributed by atoms with Crippen LogP contribution in [-0.4, -0.2) is 7.11 Å². The van der Waals surface area contributed by atoms with Crippen LogP contribution in [0.1, 0.15) is 34.9 Å². The molecule has 0 radical (unpaired) electrons. The molecule has 1 aromatic heterocycles. The molecule has 0 saturated heterocycles. The minimum atomic E-state index is 0.574. The third-order valence-corrected chi connectivity index (χ3v) is 4.84. The SMILES string of the molecule is COc1ccc2c(c1)[C@H]1[C@@H](CC2)[C@@H]1c1cc[n+]([O-])cc1. The van der Waals surface area contributed by atoms with Crippen molar-refractivity contribution in [3.05, 3.63) is 64.6 Å². The monoisotopic (exact) mass is 267 g/mol. The molecule has 4 rings (SSSR count). The van der Waals surface area contributed by atoms with Crippen LogP contribution in [0.4, 0.5) is 0 Å². The van der Waals surface area contributed by atoms with Crippen LogP contribution in [0.5, 0.6) is 5.75 Å². The molecule has 1 aromatic carbocycles. The molecule has 0 amide bonds. The summed E-state index contributed by atoms with van der Waals surface area (Å²) in [5.74, 6) is 2.86. The van der Waals surface area contributed by atoms with Crippen molar-refractivity contribution in [1.29, 1.82) is 0 Å². The van der Waals surface area contributed by atoms with E-state index in [1.165, 1.54) is 23.1 Å². The Hall–Kier alpha value is -2.03. The number of ether oxygens (including phenoxy) is 1. The molecule has 2 aliphatic rings. The normalized spacial score (nSPS) is 26.6. The summed E-state index contributed by atoms with van der Waals surface area (Å²) >= 11 is 0. The molecule has 102 valence electrons. The van der Waals surface area contributed by atoms with Crippen LogP contribution in [0.15, 0.2) is 42.7 Å². The molecule has 3 atom stereocenters. The van der Waals surface area contributed by atoms with Crippen molar-refractivity contribution in [3.63, 3.8) is 0 Å². The topological polar surface area (TPSA) is 36.2 Å². The summed E-state index contributed by atoms with van der Waals surface area (Å²) < 4.78 is 6.21. The standard InChI is InChI=1S/C17H17NO2/c1-20-13-4-2-11-3-5-14-16(17(14)15(11)10-13)12-6-8-18(19)9-7-12/h2,4,6-10,14,16-17H,3,5H2,1H3/t14-,16-,17+/m0/s1. The summed E-state index contributed by atoms with van der Waals surface area (Å²) in [6.07, 6.45) is 5.62. The predicted molar refractivity (Wildman–Crippen MR) is 75.7 cm³/mol. The van der Waals surface area contributed by atoms with Gasteiger partial charge in [0.2, 0.25) is 0 Å². The Morgan fingerprint density at radius 1 is 1.15 bits per heavy atom. The summed E-state index contributed by atoms with van der Waals surface area (Å²) in [5, 5.41) is 11.2. The molecule has 0 spiro atoms. The Balaban J connectivity index is 1.69. The van der Waals surface area contributed by atoms with Crippen molar-refractivity contribution in [2.24, 2.45) is 5.92 Å². The number of nitrogens with zero attached hydrogens (tertiary/aromatic N) is 1. The number of aryl methyl sites for hydroxylation is 1. The highest BCUT2D eigenvalue weighted by Crippen LogP contribution is 2.65. The maximum absolute atomic E-state index is 11.2. The molecule has 0 unspecified atom stereocenters. The minimum Gasteiger partial charge on any atom is -0.619 e. The molecule has 2 aromatic rings. The third-order valence-electron chi connectivity index (χ3n) is 4.84. The molecule has 0 aliphatic heterocycles. The molecule has 0 N–H and O–H groups in total. The van der Waals surface area contributed by atoms with Crippen LogP contribution >= 0.6 is 0 Å². The molecule has 3 heteroatoms. The quantitative estimate of drug-likeness (QED) is 0.619. The number of aromatic nitrogens is 1. The van der Waals surface area contributed by atoms with Gasteiger partial charge in [0.1, 0.15) is 5.75 Å². The average molecular weight is 267 g/mol. The van der Waals surface area contributed by atoms with Gasteiger partial charge in [-0.3, -0.25) is 0 Å². The van der Waals surface area contributed by atoms with Gasteiger partial charge in [-0.25, -0.2) is 0 Å². The van der Waals surface area contributed by atoms with E-state index in [-0.39, 0.29) is 0 Å². The zero-order chi connectivity index (χ0) is 13.7. The molecule has 1 fully saturated rings. The first kappa shape index (κ1) is 11.8. The van der Waals surface area contributed by atoms with Gasteiger partial charge in [0.25, 0.3) is 0 Å². The van der Waals surface area contributed by atoms with E-state index in [0.717, 1.165) is 22.8 Å². The number of hydrogen-bond donors (Lipinski definition) is 0. The number of rotatable bonds is 2. The van der Waals surface area contributed by atoms with Crippen molar-refractivity contribution >= 4 is 0 Å². The Bertz CT molecular complexity index is 651. The van der Waals surface area contributed by atoms with E-state index in [4.69, 9.17) is 4.74 Å². The zero-order valence-corrected chi connectivity index (χ0v) is 11.5. The van der Waals surface area contributed by atoms with Crippen LogP contribution in [0.3, 0.4) is 0 Å². The lowest BCUT2D eigenvalue weighted by Gasteiger charge is -2.15. The van der Waals surface area contributed by atoms with E-state index < -0.39 is 0 Å². The Labute approximate surface area is 118 Å². The fourth-order valence-corrected chi connectivity index (χ4v) is 3.82. The van der Waals surface area contributed by atoms with Gasteiger partial charge in [0.15, 0.2) is 12.4 Å². The number of hydrogen-bond acceptors (Lipinski definition) is 2. The Morgan fingerprint density at radius 2 is 1.95 bits per heavy atom. The average Bonchev–Trinajstić information content (AvgIpc) is 3.22. The summed E-state index contributed by atoms with van der Waals surface area (Å²) in [5.41, 5.74) is 4.21. The highest BCUT2D eigenvalue weighted by molar-refractivity contribution is 5.48. The van der Waals surface area contributed by atoms with Gasteiger partial charge >= 0.3 is 0 Å². The lowest BCUT2D eigenvalue weighted by atomic mass is 9.91. The highest BCUT2D eigenvalue weighted by atomic mass is 16.5. The maximum atomic E-state index is 11.2. The first-order valence-electron chi connectivity index (χ1n) is 7.13. The maximum Gasteiger partial charge on any atom is 0.180 e. The number of benzene rings is 1. The van der Waals surface area contributed by atoms with Crippen LogP contribution in [0.2, 0.25) is 0 Å². The summed E-state index contributed by atoms with van der Waals surface area (Å²) in [7, 11) is 1.72. The van der Waals surface area contributed by atoms with Gasteiger partial charge in [-0.15, -0.1) is 0 Å². The number of fused-ring (bicyclic) bond motifs is 3. The van der Waals surface area contributed by atoms with E-state index in [1.807, 2.05) is 12.1 Å². The summed E-state index contributed by atoms with van der Waals surface area (Å²) in [6, 6.07) is 10.4. The fraction of sp³-hybridized carbons (Fsp3) is 0.353. The lowest BCUT2D eigenvalue weighted by molar-refractivity contribution is -0.605. The van der Waals surface area contributed by atoms with E-state index in [1.54, 1.807) is 19.5 Å². The van der Waals surface area contributed by atoms with E-state index in [9.17, 15) is 5.21 Å². The van der Waals surface area contributed by atoms with Crippen LogP contribution in [0.25, 0.3) is 0 Å². The summed E-state index contributed by atoms with van der Waals surface area (Å²) in [4.78, 5) is 0. The van der Waals surface area contributed by atoms with Gasteiger partial charge < -0.3 is 9.94 Å². The molecule has 2 aliphatic carbocycles. The Morgan fingerprint density at radius 3 is 2.70 bits per heavy atom. The Kier molecular flexibility index (Phi) is 2.49. The van der Waals surface area contributed by atoms with Crippen molar-refractivity contribution < 1.29 is 9.47 Å². The van der Waals surface area contributed by atoms with E-state index in [2.05, 4.69) is 18.2 Å². The molecule has 0 bridgehead atoms. The number of pyridine rings is 1. The first-order valence-corrected chi connectivity index (χ1v) is 7.13. The molecule has 20 heavy (non-hydrogen) atoms. The minimum absolute atomic E-state index is 0.574. The van der Waals surface area contributed by atoms with Gasteiger partial charge in [-0.05, 0) is 59.4 Å². The third kappa shape index (κ3) is 1.69. The van der Waals surface area contributed by atoms with Crippen molar-refractivity contribution in [2.45, 2.75) is 24.7 Å². The van der Waals surface area contributed by atoms with Gasteiger partial charge in [-0.1, -0.05) is 6.07 Å². The largest absolute Gasteiger partial charge is 0.619 e. The predicted octanol–water partition coefficient (Wildman–Crippen LogP) is 2.77. The summed E-state index contributed by atoms with van der Waals surface area (Å²) in [6.45, 7) is 0. The second kappa shape index (κ2) is 4.23. The first-order chi connectivity index (χ1) is 9.78. The molecular formula is C17H17NO2.